The molecule has 1 aliphatic rings. The molecule has 7 nitrogen and oxygen atoms in total. The van der Waals surface area contributed by atoms with Crippen molar-refractivity contribution in [2.24, 2.45) is 0 Å². The number of halogens is 2. The first-order valence-electron chi connectivity index (χ1n) is 10.9. The van der Waals surface area contributed by atoms with Crippen molar-refractivity contribution in [1.82, 2.24) is 5.32 Å². The van der Waals surface area contributed by atoms with E-state index >= 15 is 0 Å². The molecule has 36 heavy (non-hydrogen) atoms. The van der Waals surface area contributed by atoms with Gasteiger partial charge in [0.05, 0.1) is 17.8 Å². The van der Waals surface area contributed by atoms with Gasteiger partial charge in [-0.1, -0.05) is 41.4 Å². The zero-order valence-electron chi connectivity index (χ0n) is 19.7. The maximum absolute atomic E-state index is 13.2. The predicted molar refractivity (Wildman–Crippen MR) is 139 cm³/mol. The Hall–Kier alpha value is -3.81. The van der Waals surface area contributed by atoms with Gasteiger partial charge >= 0.3 is 6.03 Å². The molecule has 1 saturated heterocycles. The van der Waals surface area contributed by atoms with E-state index in [9.17, 15) is 14.4 Å². The van der Waals surface area contributed by atoms with Crippen LogP contribution in [-0.4, -0.2) is 25.0 Å². The minimum atomic E-state index is -0.811. The van der Waals surface area contributed by atoms with E-state index < -0.39 is 17.8 Å². The largest absolute Gasteiger partial charge is 0.493 e. The standard InChI is InChI=1S/C27H22Cl2N2O5/c1-15-8-16(2)10-20(9-15)31-26(33)21(25(32)30-27(31)34)11-18-12-22(29)24(23(13-18)35-3)36-14-17-4-6-19(28)7-5-17/h4-13H,14H2,1-3H3,(H,30,32,34)/b21-11+. The Morgan fingerprint density at radius 1 is 0.944 bits per heavy atom. The SMILES string of the molecule is COc1cc(/C=C2\C(=O)NC(=O)N(c3cc(C)cc(C)c3)C2=O)cc(Cl)c1OCc1ccc(Cl)cc1. The molecule has 1 heterocycles. The maximum Gasteiger partial charge on any atom is 0.335 e. The minimum absolute atomic E-state index is 0.221. The third kappa shape index (κ3) is 5.37. The lowest BCUT2D eigenvalue weighted by Crippen LogP contribution is -2.54. The van der Waals surface area contributed by atoms with Crippen LogP contribution in [0, 0.1) is 13.8 Å². The molecular weight excluding hydrogens is 503 g/mol. The number of nitrogens with one attached hydrogen (secondary N) is 1. The normalized spacial score (nSPS) is 14.8. The van der Waals surface area contributed by atoms with Crippen molar-refractivity contribution in [1.29, 1.82) is 0 Å². The number of hydrogen-bond acceptors (Lipinski definition) is 5. The highest BCUT2D eigenvalue weighted by Gasteiger charge is 2.37. The number of ether oxygens (including phenoxy) is 2. The van der Waals surface area contributed by atoms with Gasteiger partial charge in [-0.2, -0.15) is 0 Å². The summed E-state index contributed by atoms with van der Waals surface area (Å²) >= 11 is 12.4. The quantitative estimate of drug-likeness (QED) is 0.322. The summed E-state index contributed by atoms with van der Waals surface area (Å²) in [6, 6.07) is 14.8. The Morgan fingerprint density at radius 3 is 2.25 bits per heavy atom. The fraction of sp³-hybridized carbons (Fsp3) is 0.148. The topological polar surface area (TPSA) is 84.9 Å². The second-order valence-corrected chi connectivity index (χ2v) is 9.10. The van der Waals surface area contributed by atoms with Crippen LogP contribution in [0.2, 0.25) is 10.0 Å². The number of barbiturate groups is 1. The first kappa shape index (κ1) is 25.3. The minimum Gasteiger partial charge on any atom is -0.493 e. The van der Waals surface area contributed by atoms with Crippen molar-refractivity contribution in [3.05, 3.63) is 92.5 Å². The van der Waals surface area contributed by atoms with Crippen molar-refractivity contribution in [3.63, 3.8) is 0 Å². The van der Waals surface area contributed by atoms with Gasteiger partial charge in [-0.05, 0) is 78.6 Å². The molecule has 0 aliphatic carbocycles. The molecule has 3 aromatic rings. The molecule has 4 rings (SSSR count). The Labute approximate surface area is 218 Å². The number of carbonyl (C=O) groups excluding carboxylic acids is 3. The van der Waals surface area contributed by atoms with E-state index in [0.29, 0.717) is 27.8 Å². The van der Waals surface area contributed by atoms with Crippen LogP contribution in [0.25, 0.3) is 6.08 Å². The van der Waals surface area contributed by atoms with E-state index in [4.69, 9.17) is 32.7 Å². The van der Waals surface area contributed by atoms with Crippen LogP contribution in [0.5, 0.6) is 11.5 Å². The average Bonchev–Trinajstić information content (AvgIpc) is 2.81. The highest BCUT2D eigenvalue weighted by atomic mass is 35.5. The molecule has 4 amide bonds. The summed E-state index contributed by atoms with van der Waals surface area (Å²) in [4.78, 5) is 39.3. The molecular formula is C27H22Cl2N2O5. The number of nitrogens with zero attached hydrogens (tertiary/aromatic N) is 1. The van der Waals surface area contributed by atoms with Gasteiger partial charge in [-0.25, -0.2) is 9.69 Å². The smallest absolute Gasteiger partial charge is 0.335 e. The highest BCUT2D eigenvalue weighted by molar-refractivity contribution is 6.39. The Morgan fingerprint density at radius 2 is 1.61 bits per heavy atom. The Balaban J connectivity index is 1.65. The van der Waals surface area contributed by atoms with E-state index in [1.54, 1.807) is 36.4 Å². The van der Waals surface area contributed by atoms with E-state index in [1.807, 2.05) is 32.0 Å². The second kappa shape index (κ2) is 10.4. The molecule has 0 spiro atoms. The molecule has 0 bridgehead atoms. The summed E-state index contributed by atoms with van der Waals surface area (Å²) in [5.74, 6) is -0.923. The summed E-state index contributed by atoms with van der Waals surface area (Å²) < 4.78 is 11.3. The van der Waals surface area contributed by atoms with Crippen molar-refractivity contribution < 1.29 is 23.9 Å². The molecule has 1 aliphatic heterocycles. The van der Waals surface area contributed by atoms with Gasteiger partial charge in [-0.15, -0.1) is 0 Å². The number of imide groups is 2. The van der Waals surface area contributed by atoms with Crippen molar-refractivity contribution in [3.8, 4) is 11.5 Å². The molecule has 0 saturated carbocycles. The van der Waals surface area contributed by atoms with Gasteiger partial charge in [0.25, 0.3) is 11.8 Å². The number of carbonyl (C=O) groups is 3. The van der Waals surface area contributed by atoms with Crippen LogP contribution in [0.1, 0.15) is 22.3 Å². The highest BCUT2D eigenvalue weighted by Crippen LogP contribution is 2.38. The summed E-state index contributed by atoms with van der Waals surface area (Å²) in [6.07, 6.45) is 1.36. The van der Waals surface area contributed by atoms with Crippen LogP contribution in [-0.2, 0) is 16.2 Å². The molecule has 9 heteroatoms. The number of rotatable bonds is 6. The molecule has 3 aromatic carbocycles. The van der Waals surface area contributed by atoms with Crippen LogP contribution < -0.4 is 19.7 Å². The lowest BCUT2D eigenvalue weighted by molar-refractivity contribution is -0.122. The zero-order valence-corrected chi connectivity index (χ0v) is 21.2. The third-order valence-corrected chi connectivity index (χ3v) is 5.96. The molecule has 0 radical (unpaired) electrons. The monoisotopic (exact) mass is 524 g/mol. The number of aryl methyl sites for hydroxylation is 2. The molecule has 1 N–H and O–H groups in total. The predicted octanol–water partition coefficient (Wildman–Crippen LogP) is 5.86. The number of amides is 4. The number of urea groups is 1. The van der Waals surface area contributed by atoms with Gasteiger partial charge in [0.1, 0.15) is 12.2 Å². The molecule has 1 fully saturated rings. The zero-order chi connectivity index (χ0) is 26.0. The summed E-state index contributed by atoms with van der Waals surface area (Å²) in [7, 11) is 1.46. The number of benzene rings is 3. The van der Waals surface area contributed by atoms with Crippen molar-refractivity contribution in [2.75, 3.05) is 12.0 Å². The maximum atomic E-state index is 13.2. The first-order valence-corrected chi connectivity index (χ1v) is 11.7. The van der Waals surface area contributed by atoms with Crippen LogP contribution >= 0.6 is 23.2 Å². The van der Waals surface area contributed by atoms with E-state index in [0.717, 1.165) is 21.6 Å². The van der Waals surface area contributed by atoms with Gasteiger partial charge < -0.3 is 9.47 Å². The van der Waals surface area contributed by atoms with E-state index in [2.05, 4.69) is 5.32 Å². The fourth-order valence-corrected chi connectivity index (χ4v) is 4.24. The molecule has 0 atom stereocenters. The molecule has 0 aromatic heterocycles. The summed E-state index contributed by atoms with van der Waals surface area (Å²) in [5.41, 5.74) is 3.20. The third-order valence-electron chi connectivity index (χ3n) is 5.43. The molecule has 0 unspecified atom stereocenters. The average molecular weight is 525 g/mol. The van der Waals surface area contributed by atoms with Gasteiger partial charge in [0, 0.05) is 5.02 Å². The van der Waals surface area contributed by atoms with Gasteiger partial charge in [0.15, 0.2) is 11.5 Å². The lowest BCUT2D eigenvalue weighted by atomic mass is 10.0. The number of methoxy groups -OCH3 is 1. The van der Waals surface area contributed by atoms with Crippen LogP contribution in [0.3, 0.4) is 0 Å². The van der Waals surface area contributed by atoms with E-state index in [-0.39, 0.29) is 17.2 Å². The fourth-order valence-electron chi connectivity index (χ4n) is 3.84. The summed E-state index contributed by atoms with van der Waals surface area (Å²) in [6.45, 7) is 3.94. The van der Waals surface area contributed by atoms with Crippen molar-refractivity contribution in [2.45, 2.75) is 20.5 Å². The molecule has 184 valence electrons. The Kier molecular flexibility index (Phi) is 7.33. The van der Waals surface area contributed by atoms with Crippen LogP contribution in [0.15, 0.2) is 60.2 Å². The summed E-state index contributed by atoms with van der Waals surface area (Å²) in [5, 5.41) is 3.06. The number of anilines is 1. The first-order chi connectivity index (χ1) is 17.2. The van der Waals surface area contributed by atoms with Gasteiger partial charge in [-0.3, -0.25) is 14.9 Å². The van der Waals surface area contributed by atoms with Gasteiger partial charge in [0.2, 0.25) is 0 Å². The van der Waals surface area contributed by atoms with Crippen molar-refractivity contribution >= 4 is 52.8 Å². The lowest BCUT2D eigenvalue weighted by Gasteiger charge is -2.27. The van der Waals surface area contributed by atoms with E-state index in [1.165, 1.54) is 13.2 Å². The second-order valence-electron chi connectivity index (χ2n) is 8.25. The number of hydrogen-bond donors (Lipinski definition) is 1. The van der Waals surface area contributed by atoms with Crippen LogP contribution in [0.4, 0.5) is 10.5 Å². The Bertz CT molecular complexity index is 1380.